The van der Waals surface area contributed by atoms with E-state index in [1.807, 2.05) is 19.1 Å². The molecule has 0 fully saturated rings. The quantitative estimate of drug-likeness (QED) is 0.747. The number of anilines is 2. The number of hydrogen-bond donors (Lipinski definition) is 1. The van der Waals surface area contributed by atoms with Crippen LogP contribution in [-0.2, 0) is 6.54 Å². The zero-order valence-electron chi connectivity index (χ0n) is 13.8. The summed E-state index contributed by atoms with van der Waals surface area (Å²) in [4.78, 5) is 11.5. The number of hydrogen-bond acceptors (Lipinski definition) is 4. The minimum Gasteiger partial charge on any atom is -0.370 e. The van der Waals surface area contributed by atoms with Crippen LogP contribution in [0.3, 0.4) is 0 Å². The van der Waals surface area contributed by atoms with Gasteiger partial charge in [-0.1, -0.05) is 43.7 Å². The maximum absolute atomic E-state index is 4.68. The van der Waals surface area contributed by atoms with Crippen LogP contribution in [0.4, 0.5) is 11.8 Å². The monoisotopic (exact) mass is 298 g/mol. The number of benzene rings is 1. The normalized spacial score (nSPS) is 10.5. The number of aryl methyl sites for hydroxylation is 1. The molecule has 0 bridgehead atoms. The zero-order chi connectivity index (χ0) is 15.8. The van der Waals surface area contributed by atoms with Crippen LogP contribution < -0.4 is 10.2 Å². The second-order valence-electron chi connectivity index (χ2n) is 5.47. The largest absolute Gasteiger partial charge is 0.370 e. The highest BCUT2D eigenvalue weighted by atomic mass is 15.3. The Morgan fingerprint density at radius 1 is 1.09 bits per heavy atom. The first-order chi connectivity index (χ1) is 10.7. The Morgan fingerprint density at radius 2 is 1.86 bits per heavy atom. The molecule has 1 aromatic heterocycles. The molecule has 0 radical (unpaired) electrons. The lowest BCUT2D eigenvalue weighted by Crippen LogP contribution is -2.25. The minimum absolute atomic E-state index is 0.797. The molecule has 0 saturated heterocycles. The van der Waals surface area contributed by atoms with Crippen LogP contribution in [0.15, 0.2) is 36.4 Å². The van der Waals surface area contributed by atoms with Crippen LogP contribution in [-0.4, -0.2) is 23.1 Å². The van der Waals surface area contributed by atoms with Gasteiger partial charge in [0, 0.05) is 31.4 Å². The van der Waals surface area contributed by atoms with Crippen LogP contribution in [0, 0.1) is 6.92 Å². The smallest absolute Gasteiger partial charge is 0.227 e. The van der Waals surface area contributed by atoms with Gasteiger partial charge in [-0.2, -0.15) is 4.98 Å². The Balaban J connectivity index is 2.14. The number of nitrogens with zero attached hydrogens (tertiary/aromatic N) is 3. The van der Waals surface area contributed by atoms with Gasteiger partial charge < -0.3 is 10.2 Å². The van der Waals surface area contributed by atoms with E-state index in [0.717, 1.165) is 43.5 Å². The van der Waals surface area contributed by atoms with Gasteiger partial charge in [0.15, 0.2) is 0 Å². The SMILES string of the molecule is CCCCNc1cc(C)nc(N(CC)Cc2ccccc2)n1. The van der Waals surface area contributed by atoms with Crippen molar-refractivity contribution in [3.63, 3.8) is 0 Å². The van der Waals surface area contributed by atoms with E-state index in [1.54, 1.807) is 0 Å². The average Bonchev–Trinajstić information content (AvgIpc) is 2.53. The molecule has 1 N–H and O–H groups in total. The van der Waals surface area contributed by atoms with Crippen molar-refractivity contribution in [2.24, 2.45) is 0 Å². The maximum atomic E-state index is 4.68. The highest BCUT2D eigenvalue weighted by Crippen LogP contribution is 2.16. The number of aromatic nitrogens is 2. The van der Waals surface area contributed by atoms with E-state index in [2.05, 4.69) is 58.3 Å². The third kappa shape index (κ3) is 4.72. The lowest BCUT2D eigenvalue weighted by molar-refractivity contribution is 0.784. The van der Waals surface area contributed by atoms with Gasteiger partial charge in [-0.15, -0.1) is 0 Å². The van der Waals surface area contributed by atoms with Crippen molar-refractivity contribution in [2.45, 2.75) is 40.2 Å². The average molecular weight is 298 g/mol. The molecule has 22 heavy (non-hydrogen) atoms. The van der Waals surface area contributed by atoms with Crippen LogP contribution in [0.1, 0.15) is 37.9 Å². The highest BCUT2D eigenvalue weighted by molar-refractivity contribution is 5.44. The first kappa shape index (κ1) is 16.3. The summed E-state index contributed by atoms with van der Waals surface area (Å²) in [6, 6.07) is 12.5. The van der Waals surface area contributed by atoms with Gasteiger partial charge in [0.05, 0.1) is 0 Å². The number of rotatable bonds is 8. The Hall–Kier alpha value is -2.10. The second kappa shape index (κ2) is 8.37. The van der Waals surface area contributed by atoms with Crippen molar-refractivity contribution in [3.05, 3.63) is 47.7 Å². The molecule has 1 heterocycles. The summed E-state index contributed by atoms with van der Waals surface area (Å²) < 4.78 is 0. The Bertz CT molecular complexity index is 569. The Morgan fingerprint density at radius 3 is 2.55 bits per heavy atom. The van der Waals surface area contributed by atoms with Crippen LogP contribution in [0.25, 0.3) is 0 Å². The molecule has 4 heteroatoms. The third-order valence-corrected chi connectivity index (χ3v) is 3.56. The van der Waals surface area contributed by atoms with Gasteiger partial charge in [-0.25, -0.2) is 4.98 Å². The van der Waals surface area contributed by atoms with E-state index >= 15 is 0 Å². The zero-order valence-corrected chi connectivity index (χ0v) is 13.8. The molecule has 0 aliphatic rings. The lowest BCUT2D eigenvalue weighted by Gasteiger charge is -2.22. The Labute approximate surface area is 133 Å². The molecule has 0 atom stereocenters. The molecular weight excluding hydrogens is 272 g/mol. The second-order valence-corrected chi connectivity index (χ2v) is 5.47. The first-order valence-corrected chi connectivity index (χ1v) is 8.11. The van der Waals surface area contributed by atoms with Gasteiger partial charge in [0.25, 0.3) is 0 Å². The summed E-state index contributed by atoms with van der Waals surface area (Å²) in [6.45, 7) is 9.02. The first-order valence-electron chi connectivity index (χ1n) is 8.11. The summed E-state index contributed by atoms with van der Waals surface area (Å²) in [5.74, 6) is 1.72. The number of nitrogens with one attached hydrogen (secondary N) is 1. The Kier molecular flexibility index (Phi) is 6.19. The van der Waals surface area contributed by atoms with Crippen molar-refractivity contribution >= 4 is 11.8 Å². The summed E-state index contributed by atoms with van der Waals surface area (Å²) in [5.41, 5.74) is 2.27. The van der Waals surface area contributed by atoms with E-state index in [9.17, 15) is 0 Å². The van der Waals surface area contributed by atoms with Gasteiger partial charge in [0.1, 0.15) is 5.82 Å². The molecule has 0 aliphatic carbocycles. The molecule has 1 aromatic carbocycles. The molecule has 2 aromatic rings. The van der Waals surface area contributed by atoms with E-state index in [-0.39, 0.29) is 0 Å². The molecule has 0 spiro atoms. The molecule has 0 unspecified atom stereocenters. The fraction of sp³-hybridized carbons (Fsp3) is 0.444. The van der Waals surface area contributed by atoms with Gasteiger partial charge >= 0.3 is 0 Å². The van der Waals surface area contributed by atoms with Crippen LogP contribution in [0.5, 0.6) is 0 Å². The molecule has 0 amide bonds. The molecule has 0 saturated carbocycles. The van der Waals surface area contributed by atoms with E-state index in [0.29, 0.717) is 0 Å². The van der Waals surface area contributed by atoms with Crippen molar-refractivity contribution in [2.75, 3.05) is 23.3 Å². The van der Waals surface area contributed by atoms with Gasteiger partial charge in [0.2, 0.25) is 5.95 Å². The van der Waals surface area contributed by atoms with Crippen molar-refractivity contribution in [1.82, 2.24) is 9.97 Å². The molecular formula is C18H26N4. The molecule has 2 rings (SSSR count). The van der Waals surface area contributed by atoms with Crippen LogP contribution in [0.2, 0.25) is 0 Å². The lowest BCUT2D eigenvalue weighted by atomic mass is 10.2. The minimum atomic E-state index is 0.797. The van der Waals surface area contributed by atoms with Gasteiger partial charge in [-0.05, 0) is 25.8 Å². The summed E-state index contributed by atoms with van der Waals surface area (Å²) >= 11 is 0. The highest BCUT2D eigenvalue weighted by Gasteiger charge is 2.10. The summed E-state index contributed by atoms with van der Waals surface area (Å²) in [6.07, 6.45) is 2.33. The molecule has 4 nitrogen and oxygen atoms in total. The fourth-order valence-corrected chi connectivity index (χ4v) is 2.31. The van der Waals surface area contributed by atoms with Crippen molar-refractivity contribution in [3.8, 4) is 0 Å². The van der Waals surface area contributed by atoms with Crippen molar-refractivity contribution < 1.29 is 0 Å². The summed E-state index contributed by atoms with van der Waals surface area (Å²) in [5, 5.41) is 3.39. The number of unbranched alkanes of at least 4 members (excludes halogenated alkanes) is 1. The van der Waals surface area contributed by atoms with Gasteiger partial charge in [-0.3, -0.25) is 0 Å². The predicted molar refractivity (Wildman–Crippen MR) is 93.3 cm³/mol. The fourth-order valence-electron chi connectivity index (χ4n) is 2.31. The van der Waals surface area contributed by atoms with E-state index in [1.165, 1.54) is 12.0 Å². The van der Waals surface area contributed by atoms with E-state index in [4.69, 9.17) is 0 Å². The van der Waals surface area contributed by atoms with E-state index < -0.39 is 0 Å². The third-order valence-electron chi connectivity index (χ3n) is 3.56. The topological polar surface area (TPSA) is 41.1 Å². The summed E-state index contributed by atoms with van der Waals surface area (Å²) in [7, 11) is 0. The molecule has 118 valence electrons. The molecule has 0 aliphatic heterocycles. The standard InChI is InChI=1S/C18H26N4/c1-4-6-12-19-17-13-15(3)20-18(21-17)22(5-2)14-16-10-8-7-9-11-16/h7-11,13H,4-6,12,14H2,1-3H3,(H,19,20,21). The maximum Gasteiger partial charge on any atom is 0.227 e. The predicted octanol–water partition coefficient (Wildman–Crippen LogP) is 4.02. The van der Waals surface area contributed by atoms with Crippen LogP contribution >= 0.6 is 0 Å². The van der Waals surface area contributed by atoms with Crippen molar-refractivity contribution in [1.29, 1.82) is 0 Å².